The number of hydrazone groups is 1. The van der Waals surface area contributed by atoms with Crippen molar-refractivity contribution in [3.8, 4) is 11.1 Å². The molecular weight excluding hydrogens is 406 g/mol. The Morgan fingerprint density at radius 1 is 0.844 bits per heavy atom. The molecule has 0 fully saturated rings. The first kappa shape index (κ1) is 21.0. The lowest BCUT2D eigenvalue weighted by atomic mass is 10.1. The second-order valence-corrected chi connectivity index (χ2v) is 7.16. The molecular formula is C25H21N3O4. The quantitative estimate of drug-likeness (QED) is 0.602. The molecule has 0 spiro atoms. The molecule has 1 heterocycles. The van der Waals surface area contributed by atoms with Gasteiger partial charge in [-0.15, -0.1) is 0 Å². The van der Waals surface area contributed by atoms with E-state index in [2.05, 4.69) is 10.4 Å². The fraction of sp³-hybridized carbons (Fsp3) is 0.120. The van der Waals surface area contributed by atoms with E-state index in [-0.39, 0.29) is 24.5 Å². The van der Waals surface area contributed by atoms with E-state index >= 15 is 0 Å². The van der Waals surface area contributed by atoms with Crippen LogP contribution in [0.5, 0.6) is 0 Å². The maximum atomic E-state index is 12.4. The van der Waals surface area contributed by atoms with Crippen LogP contribution >= 0.6 is 0 Å². The third-order valence-corrected chi connectivity index (χ3v) is 4.88. The van der Waals surface area contributed by atoms with E-state index < -0.39 is 18.5 Å². The Morgan fingerprint density at radius 2 is 1.47 bits per heavy atom. The monoisotopic (exact) mass is 427 g/mol. The second-order valence-electron chi connectivity index (χ2n) is 7.16. The summed E-state index contributed by atoms with van der Waals surface area (Å²) in [5.41, 5.74) is 3.38. The van der Waals surface area contributed by atoms with E-state index in [9.17, 15) is 14.4 Å². The summed E-state index contributed by atoms with van der Waals surface area (Å²) in [7, 11) is 0. The molecule has 0 saturated carbocycles. The summed E-state index contributed by atoms with van der Waals surface area (Å²) in [5, 5.41) is 8.02. The number of para-hydroxylation sites is 1. The fourth-order valence-corrected chi connectivity index (χ4v) is 3.26. The van der Waals surface area contributed by atoms with Gasteiger partial charge in [0, 0.05) is 18.5 Å². The maximum Gasteiger partial charge on any atom is 0.355 e. The molecule has 0 bridgehead atoms. The molecule has 7 heteroatoms. The average molecular weight is 427 g/mol. The summed E-state index contributed by atoms with van der Waals surface area (Å²) in [6.07, 6.45) is 0.312. The van der Waals surface area contributed by atoms with Crippen LogP contribution in [0.25, 0.3) is 11.1 Å². The van der Waals surface area contributed by atoms with Crippen LogP contribution < -0.4 is 10.3 Å². The lowest BCUT2D eigenvalue weighted by molar-refractivity contribution is -0.140. The molecule has 2 amide bonds. The molecule has 0 unspecified atom stereocenters. The van der Waals surface area contributed by atoms with Gasteiger partial charge in [-0.05, 0) is 35.4 Å². The number of benzene rings is 3. The van der Waals surface area contributed by atoms with Crippen LogP contribution in [0.2, 0.25) is 0 Å². The van der Waals surface area contributed by atoms with Gasteiger partial charge < -0.3 is 10.1 Å². The Morgan fingerprint density at radius 3 is 2.16 bits per heavy atom. The molecule has 0 aliphatic carbocycles. The van der Waals surface area contributed by atoms with Gasteiger partial charge in [-0.2, -0.15) is 5.10 Å². The summed E-state index contributed by atoms with van der Waals surface area (Å²) in [6, 6.07) is 26.1. The number of carbonyl (C=O) groups excluding carboxylic acids is 3. The minimum atomic E-state index is -0.715. The normalized spacial score (nSPS) is 13.3. The van der Waals surface area contributed by atoms with Crippen molar-refractivity contribution in [3.05, 3.63) is 84.9 Å². The van der Waals surface area contributed by atoms with Gasteiger partial charge in [-0.25, -0.2) is 9.80 Å². The number of hydrogen-bond donors (Lipinski definition) is 1. The van der Waals surface area contributed by atoms with Crippen LogP contribution in [0.15, 0.2) is 90.0 Å². The number of carbonyl (C=O) groups is 3. The predicted molar refractivity (Wildman–Crippen MR) is 122 cm³/mol. The standard InChI is InChI=1S/C25H21N3O4/c29-23(26-20-13-11-19(12-14-20)18-7-3-1-4-8-18)17-32-25(31)22-15-16-24(30)28(27-22)21-9-5-2-6-10-21/h1-14H,15-17H2,(H,26,29). The lowest BCUT2D eigenvalue weighted by Crippen LogP contribution is -2.35. The minimum Gasteiger partial charge on any atom is -0.451 e. The van der Waals surface area contributed by atoms with E-state index in [1.165, 1.54) is 5.01 Å². The second kappa shape index (κ2) is 9.70. The van der Waals surface area contributed by atoms with E-state index in [1.54, 1.807) is 36.4 Å². The number of rotatable bonds is 6. The molecule has 1 N–H and O–H groups in total. The average Bonchev–Trinajstić information content (AvgIpc) is 2.84. The third kappa shape index (κ3) is 5.07. The number of hydrogen-bond acceptors (Lipinski definition) is 5. The lowest BCUT2D eigenvalue weighted by Gasteiger charge is -2.22. The highest BCUT2D eigenvalue weighted by Gasteiger charge is 2.26. The molecule has 3 aromatic carbocycles. The van der Waals surface area contributed by atoms with Gasteiger partial charge in [0.25, 0.3) is 5.91 Å². The molecule has 3 aromatic rings. The fourth-order valence-electron chi connectivity index (χ4n) is 3.26. The van der Waals surface area contributed by atoms with Crippen molar-refractivity contribution in [2.75, 3.05) is 16.9 Å². The van der Waals surface area contributed by atoms with Crippen molar-refractivity contribution in [2.24, 2.45) is 5.10 Å². The zero-order valence-corrected chi connectivity index (χ0v) is 17.2. The number of esters is 1. The highest BCUT2D eigenvalue weighted by Crippen LogP contribution is 2.21. The van der Waals surface area contributed by atoms with Crippen molar-refractivity contribution in [3.63, 3.8) is 0 Å². The third-order valence-electron chi connectivity index (χ3n) is 4.88. The molecule has 1 aliphatic rings. The van der Waals surface area contributed by atoms with Crippen LogP contribution in [-0.4, -0.2) is 30.1 Å². The van der Waals surface area contributed by atoms with Crippen LogP contribution in [0.4, 0.5) is 11.4 Å². The van der Waals surface area contributed by atoms with E-state index in [1.807, 2.05) is 48.5 Å². The van der Waals surface area contributed by atoms with E-state index in [0.717, 1.165) is 11.1 Å². The smallest absolute Gasteiger partial charge is 0.355 e. The summed E-state index contributed by atoms with van der Waals surface area (Å²) < 4.78 is 5.11. The SMILES string of the molecule is O=C(COC(=O)C1=NN(c2ccccc2)C(=O)CC1)Nc1ccc(-c2ccccc2)cc1. The van der Waals surface area contributed by atoms with Gasteiger partial charge in [-0.3, -0.25) is 9.59 Å². The topological polar surface area (TPSA) is 88.1 Å². The summed E-state index contributed by atoms with van der Waals surface area (Å²) in [6.45, 7) is -0.447. The summed E-state index contributed by atoms with van der Waals surface area (Å²) >= 11 is 0. The van der Waals surface area contributed by atoms with Gasteiger partial charge in [0.2, 0.25) is 5.91 Å². The van der Waals surface area contributed by atoms with Gasteiger partial charge in [0.1, 0.15) is 5.71 Å². The van der Waals surface area contributed by atoms with Gasteiger partial charge in [-0.1, -0.05) is 60.7 Å². The molecule has 7 nitrogen and oxygen atoms in total. The van der Waals surface area contributed by atoms with Crippen molar-refractivity contribution < 1.29 is 19.1 Å². The van der Waals surface area contributed by atoms with Gasteiger partial charge in [0.05, 0.1) is 5.69 Å². The number of nitrogens with one attached hydrogen (secondary N) is 1. The zero-order valence-electron chi connectivity index (χ0n) is 17.2. The maximum absolute atomic E-state index is 12.4. The van der Waals surface area contributed by atoms with Gasteiger partial charge in [0.15, 0.2) is 6.61 Å². The number of amides is 2. The van der Waals surface area contributed by atoms with Crippen molar-refractivity contribution in [1.29, 1.82) is 0 Å². The Kier molecular flexibility index (Phi) is 6.36. The first-order valence-electron chi connectivity index (χ1n) is 10.2. The Hall–Kier alpha value is -4.26. The Bertz CT molecular complexity index is 1140. The molecule has 0 atom stereocenters. The summed E-state index contributed by atoms with van der Waals surface area (Å²) in [5.74, 6) is -1.38. The van der Waals surface area contributed by atoms with Crippen LogP contribution in [0, 0.1) is 0 Å². The molecule has 0 aromatic heterocycles. The number of anilines is 2. The Labute approximate surface area is 185 Å². The van der Waals surface area contributed by atoms with Crippen LogP contribution in [0.1, 0.15) is 12.8 Å². The highest BCUT2D eigenvalue weighted by molar-refractivity contribution is 6.38. The zero-order chi connectivity index (χ0) is 22.3. The first-order chi connectivity index (χ1) is 15.6. The predicted octanol–water partition coefficient (Wildman–Crippen LogP) is 4.02. The van der Waals surface area contributed by atoms with Crippen molar-refractivity contribution >= 4 is 34.9 Å². The molecule has 32 heavy (non-hydrogen) atoms. The van der Waals surface area contributed by atoms with E-state index in [0.29, 0.717) is 11.4 Å². The Balaban J connectivity index is 1.33. The molecule has 4 rings (SSSR count). The number of nitrogens with zero attached hydrogens (tertiary/aromatic N) is 2. The van der Waals surface area contributed by atoms with E-state index in [4.69, 9.17) is 4.74 Å². The largest absolute Gasteiger partial charge is 0.451 e. The highest BCUT2D eigenvalue weighted by atomic mass is 16.5. The molecule has 0 saturated heterocycles. The van der Waals surface area contributed by atoms with Crippen LogP contribution in [0.3, 0.4) is 0 Å². The van der Waals surface area contributed by atoms with Crippen molar-refractivity contribution in [2.45, 2.75) is 12.8 Å². The summed E-state index contributed by atoms with van der Waals surface area (Å²) in [4.78, 5) is 36.7. The first-order valence-corrected chi connectivity index (χ1v) is 10.2. The molecule has 0 radical (unpaired) electrons. The van der Waals surface area contributed by atoms with Crippen molar-refractivity contribution in [1.82, 2.24) is 0 Å². The molecule has 160 valence electrons. The van der Waals surface area contributed by atoms with Crippen LogP contribution in [-0.2, 0) is 19.1 Å². The minimum absolute atomic E-state index is 0.105. The molecule has 1 aliphatic heterocycles. The number of ether oxygens (including phenoxy) is 1. The van der Waals surface area contributed by atoms with Gasteiger partial charge >= 0.3 is 5.97 Å².